The van der Waals surface area contributed by atoms with Crippen LogP contribution in [0.15, 0.2) is 0 Å². The van der Waals surface area contributed by atoms with Gasteiger partial charge in [0.05, 0.1) is 19.8 Å². The number of hydrogen-bond donors (Lipinski definition) is 0. The van der Waals surface area contributed by atoms with Crippen molar-refractivity contribution in [3.63, 3.8) is 0 Å². The quantitative estimate of drug-likeness (QED) is 0.620. The standard InChI is InChI=1S/C6H15O3P.ClH/c1-4-7-10(8-5-2)9-6-3;/h4-6H2,1-3H3;1H. The third kappa shape index (κ3) is 8.51. The van der Waals surface area contributed by atoms with E-state index in [4.69, 9.17) is 13.6 Å². The van der Waals surface area contributed by atoms with E-state index in [2.05, 4.69) is 0 Å². The summed E-state index contributed by atoms with van der Waals surface area (Å²) in [6.45, 7) is 7.71. The summed E-state index contributed by atoms with van der Waals surface area (Å²) in [6.07, 6.45) is 0. The van der Waals surface area contributed by atoms with Crippen LogP contribution in [0.5, 0.6) is 0 Å². The molecule has 0 heterocycles. The minimum absolute atomic E-state index is 0. The maximum absolute atomic E-state index is 5.14. The predicted molar refractivity (Wildman–Crippen MR) is 49.0 cm³/mol. The highest BCUT2D eigenvalue weighted by molar-refractivity contribution is 7.41. The Balaban J connectivity index is 0. The minimum Gasteiger partial charge on any atom is -0.313 e. The second kappa shape index (κ2) is 10.6. The van der Waals surface area contributed by atoms with Crippen molar-refractivity contribution in [1.82, 2.24) is 0 Å². The van der Waals surface area contributed by atoms with E-state index in [-0.39, 0.29) is 12.4 Å². The Morgan fingerprint density at radius 2 is 1.09 bits per heavy atom. The lowest BCUT2D eigenvalue weighted by Crippen LogP contribution is -1.94. The first-order valence-electron chi connectivity index (χ1n) is 3.54. The third-order valence-electron chi connectivity index (χ3n) is 0.704. The largest absolute Gasteiger partial charge is 0.332 e. The van der Waals surface area contributed by atoms with E-state index in [0.29, 0.717) is 19.8 Å². The van der Waals surface area contributed by atoms with Gasteiger partial charge in [-0.15, -0.1) is 12.4 Å². The van der Waals surface area contributed by atoms with Gasteiger partial charge in [-0.3, -0.25) is 0 Å². The summed E-state index contributed by atoms with van der Waals surface area (Å²) >= 11 is 0. The molecule has 11 heavy (non-hydrogen) atoms. The average Bonchev–Trinajstić information content (AvgIpc) is 1.90. The van der Waals surface area contributed by atoms with Crippen molar-refractivity contribution in [2.24, 2.45) is 0 Å². The normalized spacial score (nSPS) is 9.82. The van der Waals surface area contributed by atoms with E-state index in [0.717, 1.165) is 0 Å². The van der Waals surface area contributed by atoms with E-state index in [1.807, 2.05) is 20.8 Å². The zero-order valence-electron chi connectivity index (χ0n) is 7.20. The fraction of sp³-hybridized carbons (Fsp3) is 1.00. The molecule has 0 saturated carbocycles. The van der Waals surface area contributed by atoms with Crippen LogP contribution in [0.3, 0.4) is 0 Å². The molecule has 0 spiro atoms. The summed E-state index contributed by atoms with van der Waals surface area (Å²) < 4.78 is 15.4. The van der Waals surface area contributed by atoms with Gasteiger partial charge in [0.2, 0.25) is 0 Å². The molecule has 0 aliphatic heterocycles. The first-order chi connectivity index (χ1) is 4.85. The molecule has 5 heteroatoms. The number of hydrogen-bond acceptors (Lipinski definition) is 3. The fourth-order valence-corrected chi connectivity index (χ4v) is 1.28. The topological polar surface area (TPSA) is 27.7 Å². The molecule has 0 aromatic rings. The molecule has 0 aromatic heterocycles. The average molecular weight is 203 g/mol. The van der Waals surface area contributed by atoms with Gasteiger partial charge in [0.1, 0.15) is 0 Å². The smallest absolute Gasteiger partial charge is 0.313 e. The lowest BCUT2D eigenvalue weighted by Gasteiger charge is -2.12. The van der Waals surface area contributed by atoms with Gasteiger partial charge in [0.15, 0.2) is 0 Å². The van der Waals surface area contributed by atoms with Crippen molar-refractivity contribution in [3.05, 3.63) is 0 Å². The molecule has 0 saturated heterocycles. The molecule has 0 bridgehead atoms. The van der Waals surface area contributed by atoms with Crippen molar-refractivity contribution < 1.29 is 13.6 Å². The maximum atomic E-state index is 5.14. The fourth-order valence-electron chi connectivity index (χ4n) is 0.428. The van der Waals surface area contributed by atoms with Gasteiger partial charge >= 0.3 is 8.60 Å². The zero-order valence-corrected chi connectivity index (χ0v) is 8.91. The summed E-state index contributed by atoms with van der Waals surface area (Å²) in [5.74, 6) is 0. The Morgan fingerprint density at radius 1 is 0.818 bits per heavy atom. The second-order valence-electron chi connectivity index (χ2n) is 1.48. The van der Waals surface area contributed by atoms with Gasteiger partial charge < -0.3 is 13.6 Å². The first kappa shape index (κ1) is 14.1. The Hall–Kier alpha value is 0.600. The van der Waals surface area contributed by atoms with Gasteiger partial charge in [0, 0.05) is 0 Å². The van der Waals surface area contributed by atoms with Gasteiger partial charge in [-0.05, 0) is 20.8 Å². The highest BCUT2D eigenvalue weighted by Gasteiger charge is 2.07. The molecule has 0 amide bonds. The maximum Gasteiger partial charge on any atom is 0.332 e. The summed E-state index contributed by atoms with van der Waals surface area (Å²) in [6, 6.07) is 0. The molecule has 0 fully saturated rings. The molecule has 0 aliphatic rings. The van der Waals surface area contributed by atoms with Crippen molar-refractivity contribution >= 4 is 21.0 Å². The summed E-state index contributed by atoms with van der Waals surface area (Å²) in [4.78, 5) is 0. The lowest BCUT2D eigenvalue weighted by atomic mass is 10.9. The number of halogens is 1. The molecule has 0 radical (unpaired) electrons. The lowest BCUT2D eigenvalue weighted by molar-refractivity contribution is 0.176. The Bertz CT molecular complexity index is 60.6. The molecule has 3 nitrogen and oxygen atoms in total. The van der Waals surface area contributed by atoms with Crippen molar-refractivity contribution in [2.45, 2.75) is 20.8 Å². The van der Waals surface area contributed by atoms with Crippen LogP contribution in [-0.2, 0) is 13.6 Å². The molecule has 0 unspecified atom stereocenters. The van der Waals surface area contributed by atoms with E-state index < -0.39 is 8.60 Å². The minimum atomic E-state index is -1.06. The van der Waals surface area contributed by atoms with E-state index in [9.17, 15) is 0 Å². The molecule has 0 N–H and O–H groups in total. The Kier molecular flexibility index (Phi) is 13.6. The highest BCUT2D eigenvalue weighted by Crippen LogP contribution is 2.38. The molecule has 0 aromatic carbocycles. The summed E-state index contributed by atoms with van der Waals surface area (Å²) in [7, 11) is -1.06. The van der Waals surface area contributed by atoms with Crippen LogP contribution in [-0.4, -0.2) is 19.8 Å². The van der Waals surface area contributed by atoms with Crippen LogP contribution < -0.4 is 0 Å². The first-order valence-corrected chi connectivity index (χ1v) is 4.63. The summed E-state index contributed by atoms with van der Waals surface area (Å²) in [5, 5.41) is 0. The number of rotatable bonds is 6. The van der Waals surface area contributed by atoms with Crippen LogP contribution in [0.1, 0.15) is 20.8 Å². The molecule has 70 valence electrons. The Morgan fingerprint density at radius 3 is 1.27 bits per heavy atom. The Labute approximate surface area is 75.8 Å². The highest BCUT2D eigenvalue weighted by atomic mass is 35.5. The summed E-state index contributed by atoms with van der Waals surface area (Å²) in [5.41, 5.74) is 0. The van der Waals surface area contributed by atoms with Gasteiger partial charge in [0.25, 0.3) is 0 Å². The van der Waals surface area contributed by atoms with Crippen LogP contribution in [0.2, 0.25) is 0 Å². The predicted octanol–water partition coefficient (Wildman–Crippen LogP) is 2.74. The molecular weight excluding hydrogens is 186 g/mol. The van der Waals surface area contributed by atoms with Gasteiger partial charge in [-0.1, -0.05) is 0 Å². The molecular formula is C6H16ClO3P. The third-order valence-corrected chi connectivity index (χ3v) is 2.11. The van der Waals surface area contributed by atoms with Crippen LogP contribution in [0.4, 0.5) is 0 Å². The zero-order chi connectivity index (χ0) is 7.82. The molecule has 0 rings (SSSR count). The van der Waals surface area contributed by atoms with Gasteiger partial charge in [-0.25, -0.2) is 0 Å². The van der Waals surface area contributed by atoms with Crippen molar-refractivity contribution in [3.8, 4) is 0 Å². The second-order valence-corrected chi connectivity index (χ2v) is 2.70. The van der Waals surface area contributed by atoms with Crippen LogP contribution in [0, 0.1) is 0 Å². The molecule has 0 aliphatic carbocycles. The van der Waals surface area contributed by atoms with E-state index in [1.165, 1.54) is 0 Å². The van der Waals surface area contributed by atoms with Gasteiger partial charge in [-0.2, -0.15) is 0 Å². The monoisotopic (exact) mass is 202 g/mol. The van der Waals surface area contributed by atoms with Crippen molar-refractivity contribution in [1.29, 1.82) is 0 Å². The van der Waals surface area contributed by atoms with Crippen LogP contribution >= 0.6 is 21.0 Å². The van der Waals surface area contributed by atoms with E-state index >= 15 is 0 Å². The van der Waals surface area contributed by atoms with Crippen LogP contribution in [0.25, 0.3) is 0 Å². The SMILES string of the molecule is CCOP(OCC)OCC.Cl. The van der Waals surface area contributed by atoms with E-state index in [1.54, 1.807) is 0 Å². The molecule has 0 atom stereocenters. The van der Waals surface area contributed by atoms with Crippen molar-refractivity contribution in [2.75, 3.05) is 19.8 Å².